The Labute approximate surface area is 145 Å². The van der Waals surface area contributed by atoms with E-state index in [2.05, 4.69) is 4.99 Å². The fraction of sp³-hybridized carbons (Fsp3) is 0.111. The highest BCUT2D eigenvalue weighted by Gasteiger charge is 2.29. The molecular weight excluding hydrogens is 349 g/mol. The molecule has 5 nitrogen and oxygen atoms in total. The summed E-state index contributed by atoms with van der Waals surface area (Å²) in [4.78, 5) is 15.8. The minimum Gasteiger partial charge on any atom is -0.497 e. The topological polar surface area (TPSA) is 77.8 Å². The number of fused-ring (bicyclic) bond motifs is 1. The molecule has 1 heterocycles. The highest BCUT2D eigenvalue weighted by Crippen LogP contribution is 2.30. The third-order valence-electron chi connectivity index (χ3n) is 3.64. The molecule has 1 amide bonds. The first-order chi connectivity index (χ1) is 12.3. The van der Waals surface area contributed by atoms with Gasteiger partial charge in [-0.2, -0.15) is 13.2 Å². The van der Waals surface area contributed by atoms with Gasteiger partial charge in [0, 0.05) is 5.39 Å². The average molecular weight is 362 g/mol. The second kappa shape index (κ2) is 6.55. The van der Waals surface area contributed by atoms with Crippen molar-refractivity contribution < 1.29 is 27.1 Å². The Kier molecular flexibility index (Phi) is 4.41. The lowest BCUT2D eigenvalue weighted by molar-refractivity contribution is -0.137. The Morgan fingerprint density at radius 3 is 2.38 bits per heavy atom. The van der Waals surface area contributed by atoms with Crippen LogP contribution in [0, 0.1) is 0 Å². The zero-order valence-corrected chi connectivity index (χ0v) is 13.5. The van der Waals surface area contributed by atoms with Crippen molar-refractivity contribution in [3.63, 3.8) is 0 Å². The number of nitrogens with two attached hydrogens (primary N) is 1. The van der Waals surface area contributed by atoms with E-state index in [0.717, 1.165) is 12.1 Å². The fourth-order valence-corrected chi connectivity index (χ4v) is 2.34. The summed E-state index contributed by atoms with van der Waals surface area (Å²) in [5, 5.41) is 0.574. The van der Waals surface area contributed by atoms with E-state index in [4.69, 9.17) is 14.9 Å². The summed E-state index contributed by atoms with van der Waals surface area (Å²) >= 11 is 0. The molecule has 0 unspecified atom stereocenters. The molecular formula is C18H13F3N2O3. The molecule has 0 aliphatic rings. The average Bonchev–Trinajstić information content (AvgIpc) is 2.60. The molecule has 0 atom stereocenters. The van der Waals surface area contributed by atoms with Crippen molar-refractivity contribution in [2.45, 2.75) is 6.18 Å². The molecule has 134 valence electrons. The van der Waals surface area contributed by atoms with Gasteiger partial charge in [-0.3, -0.25) is 4.79 Å². The molecule has 0 fully saturated rings. The smallest absolute Gasteiger partial charge is 0.416 e. The van der Waals surface area contributed by atoms with E-state index in [1.165, 1.54) is 25.3 Å². The number of carbonyl (C=O) groups excluding carboxylic acids is 1. The monoisotopic (exact) mass is 362 g/mol. The van der Waals surface area contributed by atoms with E-state index in [1.807, 2.05) is 0 Å². The largest absolute Gasteiger partial charge is 0.497 e. The number of carbonyl (C=O) groups is 1. The molecule has 0 radical (unpaired) electrons. The number of hydrogen-bond donors (Lipinski definition) is 1. The quantitative estimate of drug-likeness (QED) is 0.770. The van der Waals surface area contributed by atoms with E-state index in [1.54, 1.807) is 18.2 Å². The first-order valence-corrected chi connectivity index (χ1v) is 7.41. The van der Waals surface area contributed by atoms with Gasteiger partial charge in [0.2, 0.25) is 5.55 Å². The highest BCUT2D eigenvalue weighted by atomic mass is 19.4. The van der Waals surface area contributed by atoms with E-state index in [0.29, 0.717) is 16.7 Å². The molecule has 8 heteroatoms. The molecule has 3 rings (SSSR count). The minimum atomic E-state index is -4.44. The molecule has 2 N–H and O–H groups in total. The molecule has 0 bridgehead atoms. The summed E-state index contributed by atoms with van der Waals surface area (Å²) in [5.74, 6) is -0.209. The van der Waals surface area contributed by atoms with Gasteiger partial charge >= 0.3 is 6.18 Å². The normalized spacial score (nSPS) is 12.4. The van der Waals surface area contributed by atoms with Crippen molar-refractivity contribution >= 4 is 22.6 Å². The summed E-state index contributed by atoms with van der Waals surface area (Å²) in [6, 6.07) is 10.6. The third-order valence-corrected chi connectivity index (χ3v) is 3.64. The van der Waals surface area contributed by atoms with Gasteiger partial charge in [-0.1, -0.05) is 0 Å². The fourth-order valence-electron chi connectivity index (χ4n) is 2.34. The van der Waals surface area contributed by atoms with Crippen LogP contribution in [-0.4, -0.2) is 13.0 Å². The van der Waals surface area contributed by atoms with Gasteiger partial charge < -0.3 is 14.9 Å². The zero-order chi connectivity index (χ0) is 18.9. The van der Waals surface area contributed by atoms with Crippen molar-refractivity contribution in [2.24, 2.45) is 10.7 Å². The van der Waals surface area contributed by atoms with Gasteiger partial charge in [-0.05, 0) is 48.5 Å². The maximum Gasteiger partial charge on any atom is 0.416 e. The van der Waals surface area contributed by atoms with Crippen LogP contribution < -0.4 is 16.0 Å². The van der Waals surface area contributed by atoms with Gasteiger partial charge in [0.1, 0.15) is 16.9 Å². The number of hydrogen-bond acceptors (Lipinski definition) is 4. The zero-order valence-electron chi connectivity index (χ0n) is 13.5. The number of methoxy groups -OCH3 is 1. The van der Waals surface area contributed by atoms with Gasteiger partial charge in [0.15, 0.2) is 0 Å². The van der Waals surface area contributed by atoms with E-state index < -0.39 is 17.6 Å². The second-order valence-electron chi connectivity index (χ2n) is 5.39. The number of alkyl halides is 3. The molecule has 0 aliphatic carbocycles. The summed E-state index contributed by atoms with van der Waals surface area (Å²) in [6.07, 6.45) is -4.44. The van der Waals surface area contributed by atoms with Gasteiger partial charge in [-0.25, -0.2) is 4.99 Å². The van der Waals surface area contributed by atoms with Crippen LogP contribution in [0.3, 0.4) is 0 Å². The van der Waals surface area contributed by atoms with Crippen LogP contribution in [0.15, 0.2) is 57.9 Å². The van der Waals surface area contributed by atoms with Crippen molar-refractivity contribution in [3.05, 3.63) is 65.2 Å². The lowest BCUT2D eigenvalue weighted by Gasteiger charge is -2.06. The van der Waals surface area contributed by atoms with E-state index in [-0.39, 0.29) is 16.8 Å². The Morgan fingerprint density at radius 2 is 1.81 bits per heavy atom. The molecule has 0 spiro atoms. The van der Waals surface area contributed by atoms with Gasteiger partial charge in [-0.15, -0.1) is 0 Å². The molecule has 2 aromatic carbocycles. The van der Waals surface area contributed by atoms with Crippen molar-refractivity contribution in [2.75, 3.05) is 7.11 Å². The SMILES string of the molecule is COc1ccc2oc(=Nc3ccc(C(F)(F)F)cc3)c(C(N)=O)cc2c1. The van der Waals surface area contributed by atoms with Crippen molar-refractivity contribution in [1.29, 1.82) is 0 Å². The van der Waals surface area contributed by atoms with Crippen molar-refractivity contribution in [3.8, 4) is 5.75 Å². The van der Waals surface area contributed by atoms with Crippen LogP contribution in [0.25, 0.3) is 11.0 Å². The third kappa shape index (κ3) is 3.53. The number of amides is 1. The van der Waals surface area contributed by atoms with Crippen LogP contribution in [-0.2, 0) is 6.18 Å². The summed E-state index contributed by atoms with van der Waals surface area (Å²) in [6.45, 7) is 0. The molecule has 1 aromatic heterocycles. The Morgan fingerprint density at radius 1 is 1.12 bits per heavy atom. The van der Waals surface area contributed by atoms with Gasteiger partial charge in [0.05, 0.1) is 18.4 Å². The first kappa shape index (κ1) is 17.5. The van der Waals surface area contributed by atoms with Crippen LogP contribution in [0.5, 0.6) is 5.75 Å². The van der Waals surface area contributed by atoms with Crippen LogP contribution in [0.1, 0.15) is 15.9 Å². The van der Waals surface area contributed by atoms with Gasteiger partial charge in [0.25, 0.3) is 5.91 Å². The number of rotatable bonds is 3. The van der Waals surface area contributed by atoms with Crippen LogP contribution in [0.2, 0.25) is 0 Å². The number of halogens is 3. The van der Waals surface area contributed by atoms with E-state index in [9.17, 15) is 18.0 Å². The summed E-state index contributed by atoms with van der Waals surface area (Å²) < 4.78 is 48.6. The molecule has 0 aliphatic heterocycles. The Balaban J connectivity index is 2.15. The Hall–Kier alpha value is -3.29. The summed E-state index contributed by atoms with van der Waals surface area (Å²) in [5.41, 5.74) is 5.10. The van der Waals surface area contributed by atoms with Crippen LogP contribution in [0.4, 0.5) is 18.9 Å². The number of ether oxygens (including phenoxy) is 1. The molecule has 3 aromatic rings. The van der Waals surface area contributed by atoms with Crippen molar-refractivity contribution in [1.82, 2.24) is 0 Å². The maximum absolute atomic E-state index is 12.6. The minimum absolute atomic E-state index is 0.00523. The number of nitrogens with zero attached hydrogens (tertiary/aromatic N) is 1. The van der Waals surface area contributed by atoms with Crippen LogP contribution >= 0.6 is 0 Å². The predicted octanol–water partition coefficient (Wildman–Crippen LogP) is 3.79. The van der Waals surface area contributed by atoms with E-state index >= 15 is 0 Å². The Bertz CT molecular complexity index is 1040. The highest BCUT2D eigenvalue weighted by molar-refractivity contribution is 5.95. The molecule has 26 heavy (non-hydrogen) atoms. The standard InChI is InChI=1S/C18H13F3N2O3/c1-25-13-6-7-15-10(8-13)9-14(16(22)24)17(26-15)23-12-4-2-11(3-5-12)18(19,20)21/h2-9H,1H3,(H2,22,24). The predicted molar refractivity (Wildman–Crippen MR) is 88.0 cm³/mol. The number of primary amides is 1. The number of benzene rings is 2. The second-order valence-corrected chi connectivity index (χ2v) is 5.39. The lowest BCUT2D eigenvalue weighted by atomic mass is 10.1. The molecule has 0 saturated heterocycles. The maximum atomic E-state index is 12.6. The lowest BCUT2D eigenvalue weighted by Crippen LogP contribution is -2.21. The summed E-state index contributed by atoms with van der Waals surface area (Å²) in [7, 11) is 1.50. The molecule has 0 saturated carbocycles. The first-order valence-electron chi connectivity index (χ1n) is 7.41.